The van der Waals surface area contributed by atoms with Crippen LogP contribution in [0, 0.1) is 5.92 Å². The van der Waals surface area contributed by atoms with Crippen LogP contribution in [-0.4, -0.2) is 6.21 Å². The summed E-state index contributed by atoms with van der Waals surface area (Å²) < 4.78 is 0. The second-order valence-electron chi connectivity index (χ2n) is 2.54. The van der Waals surface area contributed by atoms with Crippen LogP contribution < -0.4 is 0 Å². The third kappa shape index (κ3) is 1.67. The molecule has 1 rings (SSSR count). The number of hydrogen-bond acceptors (Lipinski definition) is 1. The van der Waals surface area contributed by atoms with Gasteiger partial charge in [-0.2, -0.15) is 0 Å². The molecule has 1 atom stereocenters. The van der Waals surface area contributed by atoms with Crippen LogP contribution in [0.1, 0.15) is 26.7 Å². The van der Waals surface area contributed by atoms with E-state index in [9.17, 15) is 0 Å². The van der Waals surface area contributed by atoms with E-state index >= 15 is 0 Å². The van der Waals surface area contributed by atoms with Crippen molar-refractivity contribution in [2.75, 3.05) is 0 Å². The highest BCUT2D eigenvalue weighted by Gasteiger charge is 2.01. The van der Waals surface area contributed by atoms with E-state index in [1.165, 1.54) is 12.1 Å². The molecule has 1 nitrogen and oxygen atoms in total. The lowest BCUT2D eigenvalue weighted by molar-refractivity contribution is 0.776. The monoisotopic (exact) mass is 123 g/mol. The van der Waals surface area contributed by atoms with Crippen LogP contribution in [0.2, 0.25) is 0 Å². The summed E-state index contributed by atoms with van der Waals surface area (Å²) >= 11 is 0. The molecule has 1 heterocycles. The average molecular weight is 123 g/mol. The Balaban J connectivity index is 2.52. The molecule has 1 unspecified atom stereocenters. The Labute approximate surface area is 56.5 Å². The van der Waals surface area contributed by atoms with Crippen LogP contribution >= 0.6 is 0 Å². The van der Waals surface area contributed by atoms with Crippen molar-refractivity contribution in [2.45, 2.75) is 26.7 Å². The van der Waals surface area contributed by atoms with E-state index in [2.05, 4.69) is 24.9 Å². The van der Waals surface area contributed by atoms with Crippen LogP contribution in [0.15, 0.2) is 16.8 Å². The molecule has 1 aliphatic rings. The summed E-state index contributed by atoms with van der Waals surface area (Å²) in [6, 6.07) is 0. The third-order valence-electron chi connectivity index (χ3n) is 1.58. The fourth-order valence-corrected chi connectivity index (χ4v) is 0.894. The van der Waals surface area contributed by atoms with Gasteiger partial charge in [-0.3, -0.25) is 4.99 Å². The Kier molecular flexibility index (Phi) is 2.04. The highest BCUT2D eigenvalue weighted by atomic mass is 14.7. The molecule has 1 heteroatoms. The molecule has 0 saturated heterocycles. The van der Waals surface area contributed by atoms with Gasteiger partial charge in [0.15, 0.2) is 0 Å². The smallest absolute Gasteiger partial charge is 0.0357 e. The van der Waals surface area contributed by atoms with Crippen molar-refractivity contribution in [1.82, 2.24) is 0 Å². The molecule has 0 N–H and O–H groups in total. The van der Waals surface area contributed by atoms with Crippen LogP contribution in [0.4, 0.5) is 0 Å². The largest absolute Gasteiger partial charge is 0.266 e. The zero-order chi connectivity index (χ0) is 6.69. The van der Waals surface area contributed by atoms with Crippen molar-refractivity contribution in [3.63, 3.8) is 0 Å². The quantitative estimate of drug-likeness (QED) is 0.507. The Bertz CT molecular complexity index is 145. The Hall–Kier alpha value is -0.590. The topological polar surface area (TPSA) is 12.4 Å². The van der Waals surface area contributed by atoms with Gasteiger partial charge >= 0.3 is 0 Å². The van der Waals surface area contributed by atoms with Crippen molar-refractivity contribution in [1.29, 1.82) is 0 Å². The lowest BCUT2D eigenvalue weighted by Gasteiger charge is -2.08. The second kappa shape index (κ2) is 2.81. The van der Waals surface area contributed by atoms with Crippen molar-refractivity contribution < 1.29 is 0 Å². The van der Waals surface area contributed by atoms with E-state index in [0.29, 0.717) is 5.92 Å². The maximum atomic E-state index is 4.27. The zero-order valence-corrected chi connectivity index (χ0v) is 6.09. The molecule has 0 saturated carbocycles. The summed E-state index contributed by atoms with van der Waals surface area (Å²) in [5, 5.41) is 0. The molecule has 0 aromatic carbocycles. The molecule has 0 spiro atoms. The summed E-state index contributed by atoms with van der Waals surface area (Å²) in [5.41, 5.74) is 1.24. The van der Waals surface area contributed by atoms with Crippen molar-refractivity contribution in [2.24, 2.45) is 10.9 Å². The van der Waals surface area contributed by atoms with E-state index in [1.54, 1.807) is 0 Å². The fraction of sp³-hybridized carbons (Fsp3) is 0.625. The molecule has 0 fully saturated rings. The maximum absolute atomic E-state index is 4.27. The van der Waals surface area contributed by atoms with Crippen molar-refractivity contribution >= 4 is 6.21 Å². The van der Waals surface area contributed by atoms with Gasteiger partial charge in [-0.05, 0) is 18.8 Å². The maximum Gasteiger partial charge on any atom is 0.0357 e. The molecule has 0 bridgehead atoms. The van der Waals surface area contributed by atoms with Gasteiger partial charge in [0, 0.05) is 11.9 Å². The highest BCUT2D eigenvalue weighted by molar-refractivity contribution is 5.63. The van der Waals surface area contributed by atoms with E-state index in [4.69, 9.17) is 0 Å². The van der Waals surface area contributed by atoms with Crippen LogP contribution in [0.3, 0.4) is 0 Å². The van der Waals surface area contributed by atoms with Crippen molar-refractivity contribution in [3.8, 4) is 0 Å². The Morgan fingerprint density at radius 2 is 2.56 bits per heavy atom. The first-order valence-electron chi connectivity index (χ1n) is 3.56. The van der Waals surface area contributed by atoms with Gasteiger partial charge in [-0.15, -0.1) is 0 Å². The highest BCUT2D eigenvalue weighted by Crippen LogP contribution is 2.13. The summed E-state index contributed by atoms with van der Waals surface area (Å²) in [6.45, 7) is 4.32. The first-order valence-corrected chi connectivity index (χ1v) is 3.56. The predicted octanol–water partition coefficient (Wildman–Crippen LogP) is 2.39. The van der Waals surface area contributed by atoms with E-state index in [0.717, 1.165) is 6.42 Å². The molecule has 0 aromatic heterocycles. The average Bonchev–Trinajstić information content (AvgIpc) is 1.90. The molecule has 50 valence electrons. The van der Waals surface area contributed by atoms with Crippen molar-refractivity contribution in [3.05, 3.63) is 11.8 Å². The van der Waals surface area contributed by atoms with E-state index < -0.39 is 0 Å². The zero-order valence-electron chi connectivity index (χ0n) is 6.09. The first kappa shape index (κ1) is 6.53. The Morgan fingerprint density at radius 3 is 3.00 bits per heavy atom. The summed E-state index contributed by atoms with van der Waals surface area (Å²) in [6.07, 6.45) is 6.51. The minimum atomic E-state index is 0.653. The lowest BCUT2D eigenvalue weighted by atomic mass is 10.1. The normalized spacial score (nSPS) is 26.0. The van der Waals surface area contributed by atoms with Gasteiger partial charge in [-0.25, -0.2) is 0 Å². The summed E-state index contributed by atoms with van der Waals surface area (Å²) in [4.78, 5) is 4.27. The number of rotatable bonds is 1. The molecule has 0 amide bonds. The first-order chi connectivity index (χ1) is 4.33. The third-order valence-corrected chi connectivity index (χ3v) is 1.58. The van der Waals surface area contributed by atoms with Gasteiger partial charge < -0.3 is 0 Å². The minimum absolute atomic E-state index is 0.653. The van der Waals surface area contributed by atoms with Crippen LogP contribution in [0.25, 0.3) is 0 Å². The molecule has 0 aliphatic carbocycles. The predicted molar refractivity (Wildman–Crippen MR) is 40.6 cm³/mol. The van der Waals surface area contributed by atoms with Crippen LogP contribution in [0.5, 0.6) is 0 Å². The van der Waals surface area contributed by atoms with Crippen LogP contribution in [-0.2, 0) is 0 Å². The van der Waals surface area contributed by atoms with E-state index in [-0.39, 0.29) is 0 Å². The van der Waals surface area contributed by atoms with Gasteiger partial charge in [0.2, 0.25) is 0 Å². The molecule has 0 radical (unpaired) electrons. The summed E-state index contributed by atoms with van der Waals surface area (Å²) in [7, 11) is 0. The minimum Gasteiger partial charge on any atom is -0.266 e. The fourth-order valence-electron chi connectivity index (χ4n) is 0.894. The molecular formula is C8H13N. The molecule has 9 heavy (non-hydrogen) atoms. The molecule has 0 aromatic rings. The SMILES string of the molecule is CCC1=CCC(C)C=N1. The number of nitrogens with zero attached hydrogens (tertiary/aromatic N) is 1. The molecule has 1 aliphatic heterocycles. The number of allylic oxidation sites excluding steroid dienone is 2. The number of hydrogen-bond donors (Lipinski definition) is 0. The molecular weight excluding hydrogens is 110 g/mol. The van der Waals surface area contributed by atoms with Gasteiger partial charge in [0.1, 0.15) is 0 Å². The number of aliphatic imine (C=N–C) groups is 1. The lowest BCUT2D eigenvalue weighted by Crippen LogP contribution is -1.99. The van der Waals surface area contributed by atoms with E-state index in [1.807, 2.05) is 6.21 Å². The van der Waals surface area contributed by atoms with Gasteiger partial charge in [0.25, 0.3) is 0 Å². The van der Waals surface area contributed by atoms with Gasteiger partial charge in [0.05, 0.1) is 0 Å². The standard InChI is InChI=1S/C8H13N/c1-3-8-5-4-7(2)6-9-8/h5-7H,3-4H2,1-2H3. The Morgan fingerprint density at radius 1 is 1.78 bits per heavy atom. The summed E-state index contributed by atoms with van der Waals surface area (Å²) in [5.74, 6) is 0.653. The van der Waals surface area contributed by atoms with Gasteiger partial charge in [-0.1, -0.05) is 19.9 Å². The second-order valence-corrected chi connectivity index (χ2v) is 2.54.